The lowest BCUT2D eigenvalue weighted by Gasteiger charge is -1.95. The average Bonchev–Trinajstić information content (AvgIpc) is 2.03. The minimum Gasteiger partial charge on any atom is -0.368 e. The lowest BCUT2D eigenvalue weighted by atomic mass is 10.3. The van der Waals surface area contributed by atoms with Gasteiger partial charge in [-0.25, -0.2) is 0 Å². The van der Waals surface area contributed by atoms with Crippen molar-refractivity contribution in [3.05, 3.63) is 30.1 Å². The maximum Gasteiger partial charge on any atom is 0.134 e. The van der Waals surface area contributed by atoms with Crippen LogP contribution in [0.1, 0.15) is 5.69 Å². The fourth-order valence-electron chi connectivity index (χ4n) is 0.629. The number of pyridine rings is 1. The fraction of sp³-hybridized carbons (Fsp3) is 0.143. The Morgan fingerprint density at radius 1 is 1.60 bits per heavy atom. The molecular formula is C7H7N2S. The molecule has 1 radical (unpaired) electrons. The molecule has 0 aliphatic carbocycles. The van der Waals surface area contributed by atoms with Crippen molar-refractivity contribution in [2.75, 3.05) is 0 Å². The summed E-state index contributed by atoms with van der Waals surface area (Å²) in [7, 11) is 0. The van der Waals surface area contributed by atoms with Crippen LogP contribution in [-0.2, 0) is 6.54 Å². The molecule has 0 bridgehead atoms. The number of nitrogens with zero attached hydrogens (tertiary/aromatic N) is 1. The van der Waals surface area contributed by atoms with Crippen molar-refractivity contribution in [1.82, 2.24) is 10.3 Å². The molecule has 3 heteroatoms. The summed E-state index contributed by atoms with van der Waals surface area (Å²) in [4.78, 5) is 4.07. The SMILES string of the molecule is S=[C]NCc1ccccn1. The molecule has 0 aliphatic heterocycles. The molecule has 0 aromatic carbocycles. The van der Waals surface area contributed by atoms with Crippen LogP contribution in [0.2, 0.25) is 0 Å². The van der Waals surface area contributed by atoms with E-state index in [1.165, 1.54) is 0 Å². The van der Waals surface area contributed by atoms with Crippen LogP contribution >= 0.6 is 12.2 Å². The van der Waals surface area contributed by atoms with Crippen LogP contribution in [0.5, 0.6) is 0 Å². The normalized spacial score (nSPS) is 8.80. The first-order valence-electron chi connectivity index (χ1n) is 2.93. The molecule has 1 rings (SSSR count). The molecule has 1 heterocycles. The molecule has 2 nitrogen and oxygen atoms in total. The molecule has 0 saturated carbocycles. The number of nitrogens with one attached hydrogen (secondary N) is 1. The van der Waals surface area contributed by atoms with Crippen molar-refractivity contribution in [2.24, 2.45) is 0 Å². The minimum absolute atomic E-state index is 0.657. The number of rotatable bonds is 3. The third-order valence-electron chi connectivity index (χ3n) is 1.07. The summed E-state index contributed by atoms with van der Waals surface area (Å²) in [6.07, 6.45) is 1.75. The van der Waals surface area contributed by atoms with E-state index in [4.69, 9.17) is 0 Å². The highest BCUT2D eigenvalue weighted by molar-refractivity contribution is 7.78. The van der Waals surface area contributed by atoms with E-state index in [0.29, 0.717) is 6.54 Å². The summed E-state index contributed by atoms with van der Waals surface area (Å²) in [5, 5.41) is 2.77. The van der Waals surface area contributed by atoms with Gasteiger partial charge in [0.2, 0.25) is 0 Å². The van der Waals surface area contributed by atoms with E-state index in [1.807, 2.05) is 18.2 Å². The molecule has 1 aromatic rings. The molecule has 1 aromatic heterocycles. The predicted molar refractivity (Wildman–Crippen MR) is 43.7 cm³/mol. The highest BCUT2D eigenvalue weighted by Crippen LogP contribution is 1.90. The average molecular weight is 151 g/mol. The van der Waals surface area contributed by atoms with Crippen LogP contribution in [0.25, 0.3) is 0 Å². The summed E-state index contributed by atoms with van der Waals surface area (Å²) in [6.45, 7) is 0.657. The summed E-state index contributed by atoms with van der Waals surface area (Å²) >= 11 is 4.46. The second kappa shape index (κ2) is 3.95. The van der Waals surface area contributed by atoms with Gasteiger partial charge in [0, 0.05) is 6.20 Å². The lowest BCUT2D eigenvalue weighted by molar-refractivity contribution is 0.896. The zero-order valence-electron chi connectivity index (χ0n) is 5.37. The van der Waals surface area contributed by atoms with Gasteiger partial charge in [0.1, 0.15) is 5.49 Å². The monoisotopic (exact) mass is 151 g/mol. The fourth-order valence-corrected chi connectivity index (χ4v) is 0.702. The van der Waals surface area contributed by atoms with E-state index in [-0.39, 0.29) is 0 Å². The van der Waals surface area contributed by atoms with E-state index in [1.54, 1.807) is 6.20 Å². The van der Waals surface area contributed by atoms with Gasteiger partial charge in [-0.3, -0.25) is 4.98 Å². The van der Waals surface area contributed by atoms with Crippen molar-refractivity contribution in [3.8, 4) is 0 Å². The van der Waals surface area contributed by atoms with Gasteiger partial charge in [-0.1, -0.05) is 18.3 Å². The van der Waals surface area contributed by atoms with E-state index in [9.17, 15) is 0 Å². The summed E-state index contributed by atoms with van der Waals surface area (Å²) in [5.74, 6) is 0. The van der Waals surface area contributed by atoms with Crippen LogP contribution in [0.3, 0.4) is 0 Å². The highest BCUT2D eigenvalue weighted by Gasteiger charge is 1.86. The molecule has 0 atom stereocenters. The number of hydrogen-bond donors (Lipinski definition) is 1. The molecule has 0 amide bonds. The molecule has 0 spiro atoms. The first-order valence-corrected chi connectivity index (χ1v) is 3.34. The third kappa shape index (κ3) is 2.11. The number of hydrogen-bond acceptors (Lipinski definition) is 2. The van der Waals surface area contributed by atoms with Gasteiger partial charge in [0.25, 0.3) is 0 Å². The van der Waals surface area contributed by atoms with Crippen LogP contribution in [0.4, 0.5) is 0 Å². The second-order valence-corrected chi connectivity index (χ2v) is 1.98. The maximum atomic E-state index is 4.46. The summed E-state index contributed by atoms with van der Waals surface area (Å²) in [5.41, 5.74) is 3.38. The first-order chi connectivity index (χ1) is 4.93. The summed E-state index contributed by atoms with van der Waals surface area (Å²) in [6, 6.07) is 5.75. The Bertz CT molecular complexity index is 198. The van der Waals surface area contributed by atoms with Gasteiger partial charge in [-0.15, -0.1) is 0 Å². The van der Waals surface area contributed by atoms with Crippen molar-refractivity contribution in [1.29, 1.82) is 0 Å². The van der Waals surface area contributed by atoms with Crippen LogP contribution < -0.4 is 5.32 Å². The van der Waals surface area contributed by atoms with Crippen LogP contribution in [-0.4, -0.2) is 10.5 Å². The van der Waals surface area contributed by atoms with Crippen molar-refractivity contribution >= 4 is 17.7 Å². The Morgan fingerprint density at radius 3 is 3.10 bits per heavy atom. The molecule has 10 heavy (non-hydrogen) atoms. The topological polar surface area (TPSA) is 24.9 Å². The van der Waals surface area contributed by atoms with Crippen molar-refractivity contribution < 1.29 is 0 Å². The van der Waals surface area contributed by atoms with Gasteiger partial charge in [-0.2, -0.15) is 0 Å². The van der Waals surface area contributed by atoms with Crippen LogP contribution in [0.15, 0.2) is 24.4 Å². The van der Waals surface area contributed by atoms with E-state index >= 15 is 0 Å². The highest BCUT2D eigenvalue weighted by atomic mass is 32.1. The molecule has 0 fully saturated rings. The molecule has 1 N–H and O–H groups in total. The van der Waals surface area contributed by atoms with E-state index in [2.05, 4.69) is 28.0 Å². The molecule has 0 unspecified atom stereocenters. The zero-order valence-corrected chi connectivity index (χ0v) is 6.19. The van der Waals surface area contributed by atoms with Crippen LogP contribution in [0, 0.1) is 0 Å². The molecule has 51 valence electrons. The lowest BCUT2D eigenvalue weighted by Crippen LogP contribution is -2.09. The molecule has 0 saturated heterocycles. The number of aromatic nitrogens is 1. The van der Waals surface area contributed by atoms with Gasteiger partial charge in [0.05, 0.1) is 12.2 Å². The minimum atomic E-state index is 0.657. The first kappa shape index (κ1) is 7.15. The Kier molecular flexibility index (Phi) is 2.83. The van der Waals surface area contributed by atoms with Crippen molar-refractivity contribution in [3.63, 3.8) is 0 Å². The van der Waals surface area contributed by atoms with E-state index < -0.39 is 0 Å². The van der Waals surface area contributed by atoms with Gasteiger partial charge in [0.15, 0.2) is 0 Å². The van der Waals surface area contributed by atoms with Gasteiger partial charge >= 0.3 is 0 Å². The second-order valence-electron chi connectivity index (χ2n) is 1.78. The zero-order chi connectivity index (χ0) is 7.23. The summed E-state index contributed by atoms with van der Waals surface area (Å²) < 4.78 is 0. The Balaban J connectivity index is 2.50. The smallest absolute Gasteiger partial charge is 0.134 e. The predicted octanol–water partition coefficient (Wildman–Crippen LogP) is 1.01. The quantitative estimate of drug-likeness (QED) is 0.515. The largest absolute Gasteiger partial charge is 0.368 e. The van der Waals surface area contributed by atoms with Crippen molar-refractivity contribution in [2.45, 2.75) is 6.54 Å². The standard InChI is InChI=1S/C7H7N2S/c10-6-8-5-7-3-1-2-4-9-7/h1-4H,5H2,(H,8,10). The Hall–Kier alpha value is -0.960. The third-order valence-corrected chi connectivity index (χ3v) is 1.21. The Labute approximate surface area is 65.3 Å². The molecular weight excluding hydrogens is 144 g/mol. The maximum absolute atomic E-state index is 4.46. The molecule has 0 aliphatic rings. The van der Waals surface area contributed by atoms with E-state index in [0.717, 1.165) is 5.69 Å². The number of thiocarbonyl (C=S) groups is 1. The Morgan fingerprint density at radius 2 is 2.50 bits per heavy atom. The van der Waals surface area contributed by atoms with Gasteiger partial charge in [-0.05, 0) is 12.1 Å². The van der Waals surface area contributed by atoms with Gasteiger partial charge < -0.3 is 5.32 Å².